The van der Waals surface area contributed by atoms with E-state index in [9.17, 15) is 0 Å². The minimum absolute atomic E-state index is 0.112. The van der Waals surface area contributed by atoms with Crippen molar-refractivity contribution < 1.29 is 0 Å². The Kier molecular flexibility index (Phi) is 8.08. The highest BCUT2D eigenvalue weighted by Crippen LogP contribution is 2.39. The number of nitrogens with zero attached hydrogens (tertiary/aromatic N) is 2. The van der Waals surface area contributed by atoms with Crippen molar-refractivity contribution in [2.24, 2.45) is 21.3 Å². The van der Waals surface area contributed by atoms with E-state index >= 15 is 0 Å². The molecule has 0 amide bonds. The van der Waals surface area contributed by atoms with Crippen LogP contribution < -0.4 is 0 Å². The van der Waals surface area contributed by atoms with E-state index < -0.39 is 0 Å². The summed E-state index contributed by atoms with van der Waals surface area (Å²) in [6, 6.07) is 0. The standard InChI is InChI=1S/C20H32N2/c1-6-8-9-10-11-18(7-2)20(4)14-12-17(3)19(13-15-20)22-16-21-5/h12-16,18H,5-11H2,1-4H3/b22-16-. The van der Waals surface area contributed by atoms with Crippen molar-refractivity contribution in [3.05, 3.63) is 35.6 Å². The molecular weight excluding hydrogens is 268 g/mol. The van der Waals surface area contributed by atoms with Crippen molar-refractivity contribution in [3.63, 3.8) is 0 Å². The van der Waals surface area contributed by atoms with Gasteiger partial charge in [-0.15, -0.1) is 0 Å². The second kappa shape index (κ2) is 9.55. The summed E-state index contributed by atoms with van der Waals surface area (Å²) in [6.45, 7) is 12.5. The topological polar surface area (TPSA) is 24.7 Å². The largest absolute Gasteiger partial charge is 0.253 e. The Hall–Kier alpha value is -1.44. The summed E-state index contributed by atoms with van der Waals surface area (Å²) in [6.07, 6.45) is 18.4. The van der Waals surface area contributed by atoms with E-state index in [0.717, 1.165) is 5.70 Å². The Balaban J connectivity index is 2.83. The highest BCUT2D eigenvalue weighted by atomic mass is 14.8. The smallest absolute Gasteiger partial charge is 0.115 e. The zero-order valence-corrected chi connectivity index (χ0v) is 14.8. The van der Waals surface area contributed by atoms with E-state index in [4.69, 9.17) is 0 Å². The van der Waals surface area contributed by atoms with E-state index in [2.05, 4.69) is 68.7 Å². The van der Waals surface area contributed by atoms with Crippen LogP contribution in [-0.2, 0) is 0 Å². The average molecular weight is 300 g/mol. The third-order valence-corrected chi connectivity index (χ3v) is 4.75. The van der Waals surface area contributed by atoms with Crippen LogP contribution in [0.5, 0.6) is 0 Å². The van der Waals surface area contributed by atoms with E-state index in [-0.39, 0.29) is 5.41 Å². The zero-order valence-electron chi connectivity index (χ0n) is 14.8. The molecule has 122 valence electrons. The molecule has 1 aliphatic rings. The van der Waals surface area contributed by atoms with Gasteiger partial charge >= 0.3 is 0 Å². The maximum atomic E-state index is 4.37. The lowest BCUT2D eigenvalue weighted by molar-refractivity contribution is 0.285. The minimum atomic E-state index is 0.112. The Bertz CT molecular complexity index is 468. The van der Waals surface area contributed by atoms with E-state index in [1.54, 1.807) is 0 Å². The van der Waals surface area contributed by atoms with Gasteiger partial charge in [-0.1, -0.05) is 71.1 Å². The van der Waals surface area contributed by atoms with Crippen molar-refractivity contribution in [1.29, 1.82) is 0 Å². The molecule has 0 aromatic carbocycles. The zero-order chi connectivity index (χ0) is 16.4. The maximum absolute atomic E-state index is 4.37. The summed E-state index contributed by atoms with van der Waals surface area (Å²) in [4.78, 5) is 8.07. The molecule has 0 aromatic rings. The molecule has 0 spiro atoms. The first-order valence-electron chi connectivity index (χ1n) is 8.65. The van der Waals surface area contributed by atoms with Gasteiger partial charge in [-0.3, -0.25) is 4.99 Å². The summed E-state index contributed by atoms with van der Waals surface area (Å²) in [5.41, 5.74) is 2.27. The van der Waals surface area contributed by atoms with Crippen LogP contribution in [0.15, 0.2) is 45.6 Å². The van der Waals surface area contributed by atoms with Gasteiger partial charge in [0.1, 0.15) is 6.34 Å². The summed E-state index contributed by atoms with van der Waals surface area (Å²) in [7, 11) is 0. The molecule has 0 saturated carbocycles. The molecule has 0 aliphatic heterocycles. The van der Waals surface area contributed by atoms with Gasteiger partial charge in [-0.2, -0.15) is 0 Å². The summed E-state index contributed by atoms with van der Waals surface area (Å²) >= 11 is 0. The number of rotatable bonds is 9. The van der Waals surface area contributed by atoms with Crippen molar-refractivity contribution >= 4 is 13.1 Å². The Labute approximate surface area is 136 Å². The normalized spacial score (nSPS) is 23.1. The summed E-state index contributed by atoms with van der Waals surface area (Å²) in [5.74, 6) is 0.686. The van der Waals surface area contributed by atoms with Crippen LogP contribution in [0.2, 0.25) is 0 Å². The van der Waals surface area contributed by atoms with Crippen LogP contribution in [0.4, 0.5) is 0 Å². The van der Waals surface area contributed by atoms with Gasteiger partial charge in [0.05, 0.1) is 5.70 Å². The molecular formula is C20H32N2. The second-order valence-electron chi connectivity index (χ2n) is 6.48. The Morgan fingerprint density at radius 1 is 1.18 bits per heavy atom. The lowest BCUT2D eigenvalue weighted by Gasteiger charge is -2.32. The molecule has 0 fully saturated rings. The first-order valence-corrected chi connectivity index (χ1v) is 8.65. The predicted molar refractivity (Wildman–Crippen MR) is 99.7 cm³/mol. The van der Waals surface area contributed by atoms with Gasteiger partial charge in [-0.25, -0.2) is 4.99 Å². The van der Waals surface area contributed by atoms with Crippen molar-refractivity contribution in [3.8, 4) is 0 Å². The molecule has 2 heteroatoms. The molecule has 0 heterocycles. The van der Waals surface area contributed by atoms with Gasteiger partial charge in [0, 0.05) is 5.41 Å². The lowest BCUT2D eigenvalue weighted by atomic mass is 9.72. The van der Waals surface area contributed by atoms with Gasteiger partial charge in [0.15, 0.2) is 0 Å². The fraction of sp³-hybridized carbons (Fsp3) is 0.600. The molecule has 1 aliphatic carbocycles. The molecule has 2 atom stereocenters. The van der Waals surface area contributed by atoms with Crippen LogP contribution in [0, 0.1) is 11.3 Å². The van der Waals surface area contributed by atoms with E-state index in [1.165, 1.54) is 50.4 Å². The van der Waals surface area contributed by atoms with Gasteiger partial charge < -0.3 is 0 Å². The molecule has 0 bridgehead atoms. The fourth-order valence-electron chi connectivity index (χ4n) is 3.13. The van der Waals surface area contributed by atoms with Crippen molar-refractivity contribution in [2.45, 2.75) is 66.2 Å². The number of hydrogen-bond acceptors (Lipinski definition) is 1. The monoisotopic (exact) mass is 300 g/mol. The highest BCUT2D eigenvalue weighted by Gasteiger charge is 2.28. The van der Waals surface area contributed by atoms with Crippen LogP contribution in [0.1, 0.15) is 66.2 Å². The van der Waals surface area contributed by atoms with Gasteiger partial charge in [0.2, 0.25) is 0 Å². The molecule has 0 saturated heterocycles. The molecule has 2 nitrogen and oxygen atoms in total. The molecule has 2 unspecified atom stereocenters. The van der Waals surface area contributed by atoms with Crippen molar-refractivity contribution in [2.75, 3.05) is 0 Å². The van der Waals surface area contributed by atoms with Crippen LogP contribution in [-0.4, -0.2) is 13.1 Å². The van der Waals surface area contributed by atoms with Gasteiger partial charge in [0.25, 0.3) is 0 Å². The van der Waals surface area contributed by atoms with Crippen molar-refractivity contribution in [1.82, 2.24) is 0 Å². The van der Waals surface area contributed by atoms with Gasteiger partial charge in [-0.05, 0) is 37.6 Å². The average Bonchev–Trinajstić information content (AvgIpc) is 2.66. The summed E-state index contributed by atoms with van der Waals surface area (Å²) in [5, 5.41) is 0. The highest BCUT2D eigenvalue weighted by molar-refractivity contribution is 5.64. The van der Waals surface area contributed by atoms with E-state index in [0.29, 0.717) is 5.92 Å². The quantitative estimate of drug-likeness (QED) is 0.278. The van der Waals surface area contributed by atoms with Crippen LogP contribution in [0.25, 0.3) is 0 Å². The predicted octanol–water partition coefficient (Wildman–Crippen LogP) is 6.12. The SMILES string of the molecule is C=N/C=N\C1=C(C)C=CC(C)(C(CC)CCCCCC)C=C1. The number of aliphatic imine (C=N–C) groups is 2. The van der Waals surface area contributed by atoms with Crippen LogP contribution >= 0.6 is 0 Å². The first-order chi connectivity index (χ1) is 10.6. The number of allylic oxidation sites excluding steroid dienone is 5. The maximum Gasteiger partial charge on any atom is 0.115 e. The van der Waals surface area contributed by atoms with Crippen LogP contribution in [0.3, 0.4) is 0 Å². The Morgan fingerprint density at radius 2 is 1.91 bits per heavy atom. The first kappa shape index (κ1) is 18.6. The third kappa shape index (κ3) is 5.40. The number of hydrogen-bond donors (Lipinski definition) is 0. The molecule has 0 aromatic heterocycles. The summed E-state index contributed by atoms with van der Waals surface area (Å²) < 4.78 is 0. The molecule has 22 heavy (non-hydrogen) atoms. The fourth-order valence-corrected chi connectivity index (χ4v) is 3.13. The lowest BCUT2D eigenvalue weighted by Crippen LogP contribution is -2.22. The number of unbranched alkanes of at least 4 members (excludes halogenated alkanes) is 3. The second-order valence-corrected chi connectivity index (χ2v) is 6.48. The molecule has 1 rings (SSSR count). The minimum Gasteiger partial charge on any atom is -0.253 e. The third-order valence-electron chi connectivity index (χ3n) is 4.75. The molecule has 0 N–H and O–H groups in total. The Morgan fingerprint density at radius 3 is 2.55 bits per heavy atom. The molecule has 0 radical (unpaired) electrons. The van der Waals surface area contributed by atoms with E-state index in [1.807, 2.05) is 0 Å².